The van der Waals surface area contributed by atoms with E-state index in [1.54, 1.807) is 17.0 Å². The molecule has 4 nitrogen and oxygen atoms in total. The number of hydrogen-bond donors (Lipinski definition) is 0. The summed E-state index contributed by atoms with van der Waals surface area (Å²) >= 11 is 0. The number of aryl methyl sites for hydroxylation is 1. The molecule has 0 aliphatic rings. The minimum atomic E-state index is -0.0210. The first-order valence-electron chi connectivity index (χ1n) is 7.92. The smallest absolute Gasteiger partial charge is 0.263 e. The van der Waals surface area contributed by atoms with E-state index in [1.165, 1.54) is 0 Å². The molecule has 0 aliphatic heterocycles. The fourth-order valence-corrected chi connectivity index (χ4v) is 3.11. The van der Waals surface area contributed by atoms with Crippen LogP contribution in [0, 0.1) is 0 Å². The number of benzene rings is 2. The van der Waals surface area contributed by atoms with Crippen LogP contribution >= 0.6 is 0 Å². The Balaban J connectivity index is 2.12. The molecule has 0 radical (unpaired) electrons. The highest BCUT2D eigenvalue weighted by atomic mass is 16.5. The molecule has 0 bridgehead atoms. The molecule has 4 aromatic rings. The zero-order valence-corrected chi connectivity index (χ0v) is 13.3. The number of para-hydroxylation sites is 1. The maximum absolute atomic E-state index is 13.3. The van der Waals surface area contributed by atoms with Gasteiger partial charge >= 0.3 is 0 Å². The quantitative estimate of drug-likeness (QED) is 0.569. The lowest BCUT2D eigenvalue weighted by atomic mass is 10.0. The van der Waals surface area contributed by atoms with Gasteiger partial charge in [-0.1, -0.05) is 48.5 Å². The van der Waals surface area contributed by atoms with Crippen molar-refractivity contribution in [1.29, 1.82) is 0 Å². The molecule has 4 heteroatoms. The molecule has 2 aromatic heterocycles. The second kappa shape index (κ2) is 5.81. The zero-order chi connectivity index (χ0) is 16.5. The van der Waals surface area contributed by atoms with E-state index in [9.17, 15) is 4.79 Å². The molecule has 2 aromatic carbocycles. The Hall–Kier alpha value is -3.14. The Morgan fingerprint density at radius 2 is 1.92 bits per heavy atom. The third-order valence-electron chi connectivity index (χ3n) is 4.24. The van der Waals surface area contributed by atoms with E-state index in [2.05, 4.69) is 18.1 Å². The van der Waals surface area contributed by atoms with E-state index in [1.807, 2.05) is 48.5 Å². The minimum absolute atomic E-state index is 0.0210. The number of nitrogens with zero attached hydrogens (tertiary/aromatic N) is 2. The van der Waals surface area contributed by atoms with Crippen LogP contribution in [0.25, 0.3) is 27.6 Å². The van der Waals surface area contributed by atoms with E-state index >= 15 is 0 Å². The highest BCUT2D eigenvalue weighted by Crippen LogP contribution is 2.27. The summed E-state index contributed by atoms with van der Waals surface area (Å²) in [5.41, 5.74) is 3.49. The summed E-state index contributed by atoms with van der Waals surface area (Å²) in [4.78, 5) is 13.3. The van der Waals surface area contributed by atoms with Crippen molar-refractivity contribution < 1.29 is 4.52 Å². The number of fused-ring (bicyclic) bond motifs is 1. The lowest BCUT2D eigenvalue weighted by Gasteiger charge is -2.15. The minimum Gasteiger partial charge on any atom is -0.364 e. The van der Waals surface area contributed by atoms with Crippen molar-refractivity contribution >= 4 is 10.8 Å². The summed E-state index contributed by atoms with van der Waals surface area (Å²) in [6.07, 6.45) is 3.97. The van der Waals surface area contributed by atoms with Crippen molar-refractivity contribution in [3.05, 3.63) is 83.1 Å². The molecule has 0 amide bonds. The Morgan fingerprint density at radius 3 is 2.62 bits per heavy atom. The number of hydrogen-bond acceptors (Lipinski definition) is 3. The Labute approximate surface area is 139 Å². The Morgan fingerprint density at radius 1 is 1.08 bits per heavy atom. The predicted molar refractivity (Wildman–Crippen MR) is 94.4 cm³/mol. The van der Waals surface area contributed by atoms with Crippen LogP contribution in [0.1, 0.15) is 12.6 Å². The summed E-state index contributed by atoms with van der Waals surface area (Å²) in [7, 11) is 0. The average molecular weight is 316 g/mol. The topological polar surface area (TPSA) is 48.0 Å². The largest absolute Gasteiger partial charge is 0.364 e. The molecule has 0 aliphatic carbocycles. The SMILES string of the molecule is CCc1cc2cccc(-c3cnoc3)c2c(=O)n1-c1ccccc1. The van der Waals surface area contributed by atoms with Gasteiger partial charge in [0.05, 0.1) is 11.6 Å². The standard InChI is InChI=1S/C20H16N2O2/c1-2-16-11-14-7-6-10-18(15-12-21-24-13-15)19(14)20(23)22(16)17-8-4-3-5-9-17/h3-13H,2H2,1H3. The molecule has 0 N–H and O–H groups in total. The van der Waals surface area contributed by atoms with E-state index in [-0.39, 0.29) is 5.56 Å². The highest BCUT2D eigenvalue weighted by Gasteiger charge is 2.14. The van der Waals surface area contributed by atoms with Gasteiger partial charge in [-0.3, -0.25) is 9.36 Å². The van der Waals surface area contributed by atoms with Gasteiger partial charge in [-0.15, -0.1) is 0 Å². The van der Waals surface area contributed by atoms with Crippen LogP contribution in [-0.2, 0) is 6.42 Å². The summed E-state index contributed by atoms with van der Waals surface area (Å²) in [5, 5.41) is 5.38. The van der Waals surface area contributed by atoms with Crippen LogP contribution in [0.4, 0.5) is 0 Å². The molecule has 0 saturated carbocycles. The van der Waals surface area contributed by atoms with Gasteiger partial charge < -0.3 is 4.52 Å². The van der Waals surface area contributed by atoms with Gasteiger partial charge in [0.15, 0.2) is 0 Å². The molecule has 24 heavy (non-hydrogen) atoms. The number of rotatable bonds is 3. The molecule has 0 saturated heterocycles. The van der Waals surface area contributed by atoms with Crippen molar-refractivity contribution in [3.63, 3.8) is 0 Å². The lowest BCUT2D eigenvalue weighted by molar-refractivity contribution is 0.420. The van der Waals surface area contributed by atoms with Gasteiger partial charge in [0, 0.05) is 16.9 Å². The third kappa shape index (κ3) is 2.24. The predicted octanol–water partition coefficient (Wildman–Crippen LogP) is 4.21. The van der Waals surface area contributed by atoms with Gasteiger partial charge in [-0.2, -0.15) is 0 Å². The summed E-state index contributed by atoms with van der Waals surface area (Å²) in [6.45, 7) is 2.06. The van der Waals surface area contributed by atoms with Crippen molar-refractivity contribution in [2.45, 2.75) is 13.3 Å². The lowest BCUT2D eigenvalue weighted by Crippen LogP contribution is -2.22. The second-order valence-electron chi connectivity index (χ2n) is 5.65. The van der Waals surface area contributed by atoms with Crippen molar-refractivity contribution in [3.8, 4) is 16.8 Å². The number of aromatic nitrogens is 2. The Kier molecular flexibility index (Phi) is 3.50. The molecular formula is C20H16N2O2. The van der Waals surface area contributed by atoms with Gasteiger partial charge in [0.25, 0.3) is 5.56 Å². The fourth-order valence-electron chi connectivity index (χ4n) is 3.11. The first kappa shape index (κ1) is 14.5. The maximum atomic E-state index is 13.3. The summed E-state index contributed by atoms with van der Waals surface area (Å²) in [5.74, 6) is 0. The average Bonchev–Trinajstić information content (AvgIpc) is 3.16. The third-order valence-corrected chi connectivity index (χ3v) is 4.24. The van der Waals surface area contributed by atoms with Gasteiger partial charge in [0.2, 0.25) is 0 Å². The van der Waals surface area contributed by atoms with Gasteiger partial charge in [0.1, 0.15) is 6.26 Å². The van der Waals surface area contributed by atoms with Crippen LogP contribution < -0.4 is 5.56 Å². The summed E-state index contributed by atoms with van der Waals surface area (Å²) in [6, 6.07) is 17.7. The van der Waals surface area contributed by atoms with Gasteiger partial charge in [-0.25, -0.2) is 0 Å². The van der Waals surface area contributed by atoms with Crippen LogP contribution in [0.3, 0.4) is 0 Å². The first-order chi connectivity index (χ1) is 11.8. The highest BCUT2D eigenvalue weighted by molar-refractivity contribution is 5.96. The van der Waals surface area contributed by atoms with E-state index < -0.39 is 0 Å². The monoisotopic (exact) mass is 316 g/mol. The van der Waals surface area contributed by atoms with E-state index in [0.717, 1.165) is 34.3 Å². The van der Waals surface area contributed by atoms with Gasteiger partial charge in [-0.05, 0) is 35.6 Å². The van der Waals surface area contributed by atoms with Crippen molar-refractivity contribution in [2.24, 2.45) is 0 Å². The zero-order valence-electron chi connectivity index (χ0n) is 13.3. The second-order valence-corrected chi connectivity index (χ2v) is 5.65. The fraction of sp³-hybridized carbons (Fsp3) is 0.100. The molecule has 2 heterocycles. The van der Waals surface area contributed by atoms with Crippen LogP contribution in [0.2, 0.25) is 0 Å². The number of pyridine rings is 1. The molecule has 0 atom stereocenters. The van der Waals surface area contributed by atoms with E-state index in [4.69, 9.17) is 4.52 Å². The maximum Gasteiger partial charge on any atom is 0.263 e. The normalized spacial score (nSPS) is 11.0. The molecule has 0 unspecified atom stereocenters. The van der Waals surface area contributed by atoms with Crippen LogP contribution in [0.5, 0.6) is 0 Å². The molecule has 4 rings (SSSR count). The summed E-state index contributed by atoms with van der Waals surface area (Å²) < 4.78 is 6.75. The van der Waals surface area contributed by atoms with Crippen LogP contribution in [0.15, 0.2) is 76.4 Å². The van der Waals surface area contributed by atoms with Crippen molar-refractivity contribution in [2.75, 3.05) is 0 Å². The van der Waals surface area contributed by atoms with Crippen molar-refractivity contribution in [1.82, 2.24) is 9.72 Å². The van der Waals surface area contributed by atoms with Crippen LogP contribution in [-0.4, -0.2) is 9.72 Å². The molecular weight excluding hydrogens is 300 g/mol. The molecule has 0 fully saturated rings. The Bertz CT molecular complexity index is 1050. The first-order valence-corrected chi connectivity index (χ1v) is 7.92. The van der Waals surface area contributed by atoms with E-state index in [0.29, 0.717) is 5.39 Å². The molecule has 0 spiro atoms. The molecule has 118 valence electrons.